The molecule has 2 bridgehead atoms. The summed E-state index contributed by atoms with van der Waals surface area (Å²) in [4.78, 5) is 17.8. The first-order valence-corrected chi connectivity index (χ1v) is 9.49. The Bertz CT molecular complexity index is 795. The molecule has 0 radical (unpaired) electrons. The van der Waals surface area contributed by atoms with Gasteiger partial charge in [0.05, 0.1) is 19.4 Å². The van der Waals surface area contributed by atoms with Gasteiger partial charge in [0.15, 0.2) is 5.76 Å². The Morgan fingerprint density at radius 3 is 2.65 bits per heavy atom. The Balaban J connectivity index is 1.56. The molecule has 6 rings (SSSR count). The molecule has 0 unspecified atom stereocenters. The fourth-order valence-corrected chi connectivity index (χ4v) is 5.44. The van der Waals surface area contributed by atoms with E-state index in [1.54, 1.807) is 25.5 Å². The first kappa shape index (κ1) is 15.9. The van der Waals surface area contributed by atoms with Gasteiger partial charge in [0, 0.05) is 24.1 Å². The van der Waals surface area contributed by atoms with Crippen LogP contribution in [0.15, 0.2) is 47.1 Å². The molecular weight excluding hydrogens is 328 g/mol. The minimum absolute atomic E-state index is 0.0242. The molecule has 5 heteroatoms. The summed E-state index contributed by atoms with van der Waals surface area (Å²) in [6.45, 7) is 3.00. The second-order valence-electron chi connectivity index (χ2n) is 7.64. The summed E-state index contributed by atoms with van der Waals surface area (Å²) in [5.41, 5.74) is 1.22. The molecule has 2 aromatic rings. The number of methoxy groups -OCH3 is 1. The highest BCUT2D eigenvalue weighted by molar-refractivity contribution is 5.92. The van der Waals surface area contributed by atoms with Crippen LogP contribution in [-0.2, 0) is 0 Å². The summed E-state index contributed by atoms with van der Waals surface area (Å²) in [5, 5.41) is 0. The minimum Gasteiger partial charge on any atom is -0.496 e. The predicted molar refractivity (Wildman–Crippen MR) is 97.4 cm³/mol. The highest BCUT2D eigenvalue weighted by atomic mass is 16.5. The summed E-state index contributed by atoms with van der Waals surface area (Å²) in [6, 6.07) is 12.5. The molecular formula is C21H24N2O3. The van der Waals surface area contributed by atoms with Gasteiger partial charge in [0.1, 0.15) is 5.75 Å². The lowest BCUT2D eigenvalue weighted by molar-refractivity contribution is -0.00438. The Morgan fingerprint density at radius 2 is 1.92 bits per heavy atom. The normalized spacial score (nSPS) is 32.5. The lowest BCUT2D eigenvalue weighted by atomic mass is 9.75. The molecule has 1 aromatic heterocycles. The minimum atomic E-state index is 0.0242. The lowest BCUT2D eigenvalue weighted by Crippen LogP contribution is -2.60. The number of amides is 1. The zero-order valence-corrected chi connectivity index (χ0v) is 15.0. The van der Waals surface area contributed by atoms with Crippen LogP contribution in [0.4, 0.5) is 0 Å². The molecule has 0 aliphatic carbocycles. The highest BCUT2D eigenvalue weighted by Crippen LogP contribution is 2.48. The van der Waals surface area contributed by atoms with Crippen molar-refractivity contribution in [1.82, 2.24) is 9.80 Å². The summed E-state index contributed by atoms with van der Waals surface area (Å²) in [6.07, 6.45) is 3.94. The van der Waals surface area contributed by atoms with Crippen molar-refractivity contribution in [1.29, 1.82) is 0 Å². The van der Waals surface area contributed by atoms with E-state index in [9.17, 15) is 4.79 Å². The zero-order valence-electron chi connectivity index (χ0n) is 15.0. The Labute approximate surface area is 153 Å². The fourth-order valence-electron chi connectivity index (χ4n) is 5.44. The number of carbonyl (C=O) groups excluding carboxylic acids is 1. The lowest BCUT2D eigenvalue weighted by Gasteiger charge is -2.51. The maximum absolute atomic E-state index is 13.2. The molecule has 26 heavy (non-hydrogen) atoms. The number of rotatable bonds is 3. The first-order chi connectivity index (χ1) is 12.8. The van der Waals surface area contributed by atoms with E-state index in [1.165, 1.54) is 18.4 Å². The van der Waals surface area contributed by atoms with Gasteiger partial charge >= 0.3 is 0 Å². The van der Waals surface area contributed by atoms with E-state index in [0.29, 0.717) is 17.7 Å². The number of hydrogen-bond acceptors (Lipinski definition) is 4. The van der Waals surface area contributed by atoms with Crippen molar-refractivity contribution in [3.05, 3.63) is 54.0 Å². The predicted octanol–water partition coefficient (Wildman–Crippen LogP) is 2.99. The van der Waals surface area contributed by atoms with E-state index < -0.39 is 0 Å². The van der Waals surface area contributed by atoms with Gasteiger partial charge in [-0.3, -0.25) is 9.69 Å². The second-order valence-corrected chi connectivity index (χ2v) is 7.64. The Hall–Kier alpha value is -2.27. The van der Waals surface area contributed by atoms with E-state index in [-0.39, 0.29) is 17.9 Å². The SMILES string of the molecule is COc1ccccc1[C@@H]1CN(C(=O)c2ccco2)[C@H]2C3CCN(CC3)[C@@H]12. The molecule has 1 amide bonds. The smallest absolute Gasteiger partial charge is 0.289 e. The third-order valence-electron chi connectivity index (χ3n) is 6.53. The largest absolute Gasteiger partial charge is 0.496 e. The quantitative estimate of drug-likeness (QED) is 0.852. The molecule has 4 aliphatic heterocycles. The average molecular weight is 352 g/mol. The molecule has 136 valence electrons. The van der Waals surface area contributed by atoms with E-state index >= 15 is 0 Å². The topological polar surface area (TPSA) is 45.9 Å². The van der Waals surface area contributed by atoms with Crippen molar-refractivity contribution >= 4 is 5.91 Å². The monoisotopic (exact) mass is 352 g/mol. The number of carbonyl (C=O) groups is 1. The molecule has 4 saturated heterocycles. The number of ether oxygens (including phenoxy) is 1. The summed E-state index contributed by atoms with van der Waals surface area (Å²) < 4.78 is 11.1. The summed E-state index contributed by atoms with van der Waals surface area (Å²) >= 11 is 0. The van der Waals surface area contributed by atoms with Gasteiger partial charge in [-0.05, 0) is 50.0 Å². The highest BCUT2D eigenvalue weighted by Gasteiger charge is 2.55. The zero-order chi connectivity index (χ0) is 17.7. The molecule has 0 saturated carbocycles. The van der Waals surface area contributed by atoms with Gasteiger partial charge in [-0.1, -0.05) is 18.2 Å². The van der Waals surface area contributed by atoms with Crippen LogP contribution in [0.5, 0.6) is 5.75 Å². The van der Waals surface area contributed by atoms with Crippen LogP contribution in [0.2, 0.25) is 0 Å². The number of nitrogens with zero attached hydrogens (tertiary/aromatic N) is 2. The van der Waals surface area contributed by atoms with Crippen molar-refractivity contribution in [3.8, 4) is 5.75 Å². The van der Waals surface area contributed by atoms with Crippen molar-refractivity contribution < 1.29 is 13.9 Å². The molecule has 4 fully saturated rings. The number of benzene rings is 1. The number of piperidine rings is 3. The van der Waals surface area contributed by atoms with Crippen molar-refractivity contribution in [2.45, 2.75) is 30.8 Å². The third-order valence-corrected chi connectivity index (χ3v) is 6.53. The average Bonchev–Trinajstić information content (AvgIpc) is 3.37. The van der Waals surface area contributed by atoms with E-state index in [1.807, 2.05) is 12.1 Å². The number of furan rings is 1. The number of fused-ring (bicyclic) bond motifs is 2. The molecule has 5 nitrogen and oxygen atoms in total. The van der Waals surface area contributed by atoms with E-state index in [0.717, 1.165) is 25.4 Å². The summed E-state index contributed by atoms with van der Waals surface area (Å²) in [5.74, 6) is 2.25. The number of likely N-dealkylation sites (tertiary alicyclic amines) is 1. The van der Waals surface area contributed by atoms with Crippen LogP contribution in [0, 0.1) is 5.92 Å². The van der Waals surface area contributed by atoms with Gasteiger partial charge in [-0.25, -0.2) is 0 Å². The van der Waals surface area contributed by atoms with Crippen LogP contribution in [-0.4, -0.2) is 54.5 Å². The Morgan fingerprint density at radius 1 is 1.12 bits per heavy atom. The van der Waals surface area contributed by atoms with Crippen LogP contribution in [0.1, 0.15) is 34.9 Å². The molecule has 1 aromatic carbocycles. The summed E-state index contributed by atoms with van der Waals surface area (Å²) in [7, 11) is 1.73. The van der Waals surface area contributed by atoms with Crippen LogP contribution < -0.4 is 4.74 Å². The van der Waals surface area contributed by atoms with Crippen LogP contribution in [0.3, 0.4) is 0 Å². The maximum atomic E-state index is 13.2. The fraction of sp³-hybridized carbons (Fsp3) is 0.476. The van der Waals surface area contributed by atoms with E-state index in [4.69, 9.17) is 9.15 Å². The maximum Gasteiger partial charge on any atom is 0.289 e. The van der Waals surface area contributed by atoms with Crippen molar-refractivity contribution in [2.24, 2.45) is 5.92 Å². The van der Waals surface area contributed by atoms with Crippen LogP contribution in [0.25, 0.3) is 0 Å². The second kappa shape index (κ2) is 6.16. The molecule has 3 atom stereocenters. The van der Waals surface area contributed by atoms with Gasteiger partial charge in [-0.15, -0.1) is 0 Å². The number of hydrogen-bond donors (Lipinski definition) is 0. The molecule has 0 spiro atoms. The Kier molecular flexibility index (Phi) is 3.78. The number of para-hydroxylation sites is 1. The van der Waals surface area contributed by atoms with Gasteiger partial charge in [0.25, 0.3) is 5.91 Å². The standard InChI is InChI=1S/C21H24N2O3/c1-25-17-6-3-2-5-15(17)16-13-23(21(24)18-7-4-12-26-18)19-14-8-10-22(11-9-14)20(16)19/h2-7,12,14,16,19-20H,8-11,13H2,1H3/t16-,19-,20-/m0/s1. The first-order valence-electron chi connectivity index (χ1n) is 9.49. The molecule has 4 aliphatic rings. The van der Waals surface area contributed by atoms with Gasteiger partial charge in [0.2, 0.25) is 0 Å². The molecule has 0 N–H and O–H groups in total. The van der Waals surface area contributed by atoms with E-state index in [2.05, 4.69) is 21.9 Å². The molecule has 5 heterocycles. The van der Waals surface area contributed by atoms with Crippen molar-refractivity contribution in [3.63, 3.8) is 0 Å². The van der Waals surface area contributed by atoms with Crippen LogP contribution >= 0.6 is 0 Å². The van der Waals surface area contributed by atoms with Gasteiger partial charge < -0.3 is 14.1 Å². The third kappa shape index (κ3) is 2.30. The van der Waals surface area contributed by atoms with Crippen molar-refractivity contribution in [2.75, 3.05) is 26.7 Å². The van der Waals surface area contributed by atoms with Gasteiger partial charge in [-0.2, -0.15) is 0 Å².